The van der Waals surface area contributed by atoms with Gasteiger partial charge < -0.3 is 15.1 Å². The number of anilines is 3. The lowest BCUT2D eigenvalue weighted by atomic mass is 10.2. The molecule has 2 aromatic heterocycles. The molecule has 0 aliphatic carbocycles. The van der Waals surface area contributed by atoms with Crippen molar-refractivity contribution in [1.29, 1.82) is 0 Å². The first kappa shape index (κ1) is 18.8. The average Bonchev–Trinajstić information content (AvgIpc) is 2.77. The molecule has 0 radical (unpaired) electrons. The molecule has 1 N–H and O–H groups in total. The summed E-state index contributed by atoms with van der Waals surface area (Å²) >= 11 is 0. The molecule has 3 aromatic rings. The number of amides is 1. The van der Waals surface area contributed by atoms with Crippen molar-refractivity contribution in [3.05, 3.63) is 78.3 Å². The van der Waals surface area contributed by atoms with E-state index in [1.807, 2.05) is 18.2 Å². The summed E-state index contributed by atoms with van der Waals surface area (Å²) in [6.07, 6.45) is 4.82. The highest BCUT2D eigenvalue weighted by Gasteiger charge is 2.20. The van der Waals surface area contributed by atoms with E-state index in [0.29, 0.717) is 0 Å². The number of para-hydroxylation sites is 1. The molecule has 1 amide bonds. The van der Waals surface area contributed by atoms with Gasteiger partial charge in [-0.15, -0.1) is 0 Å². The Morgan fingerprint density at radius 2 is 1.66 bits per heavy atom. The smallest absolute Gasteiger partial charge is 0.257 e. The molecule has 148 valence electrons. The molecule has 1 saturated heterocycles. The first-order valence-electron chi connectivity index (χ1n) is 9.23. The molecule has 1 fully saturated rings. The van der Waals surface area contributed by atoms with Crippen LogP contribution in [0.4, 0.5) is 26.0 Å². The molecule has 0 atom stereocenters. The molecule has 1 aliphatic rings. The molecule has 0 spiro atoms. The van der Waals surface area contributed by atoms with E-state index >= 15 is 0 Å². The second-order valence-corrected chi connectivity index (χ2v) is 6.64. The Kier molecular flexibility index (Phi) is 5.33. The van der Waals surface area contributed by atoms with Crippen LogP contribution in [-0.4, -0.2) is 42.1 Å². The van der Waals surface area contributed by atoms with Gasteiger partial charge in [0.2, 0.25) is 0 Å². The van der Waals surface area contributed by atoms with Crippen molar-refractivity contribution in [2.24, 2.45) is 0 Å². The van der Waals surface area contributed by atoms with Crippen LogP contribution in [0, 0.1) is 11.6 Å². The molecular formula is C21H19F2N5O. The molecule has 29 heavy (non-hydrogen) atoms. The highest BCUT2D eigenvalue weighted by Crippen LogP contribution is 2.22. The summed E-state index contributed by atoms with van der Waals surface area (Å²) < 4.78 is 27.6. The number of aromatic nitrogens is 2. The largest absolute Gasteiger partial charge is 0.367 e. The third-order valence-corrected chi connectivity index (χ3v) is 4.81. The van der Waals surface area contributed by atoms with Gasteiger partial charge in [0.05, 0.1) is 17.4 Å². The lowest BCUT2D eigenvalue weighted by Gasteiger charge is -2.36. The van der Waals surface area contributed by atoms with Gasteiger partial charge in [-0.05, 0) is 30.3 Å². The number of nitrogens with zero attached hydrogens (tertiary/aromatic N) is 4. The van der Waals surface area contributed by atoms with Gasteiger partial charge in [0.25, 0.3) is 5.91 Å². The molecule has 4 rings (SSSR count). The van der Waals surface area contributed by atoms with E-state index in [0.717, 1.165) is 49.8 Å². The van der Waals surface area contributed by atoms with Gasteiger partial charge in [0.15, 0.2) is 0 Å². The Morgan fingerprint density at radius 3 is 2.34 bits per heavy atom. The van der Waals surface area contributed by atoms with Crippen LogP contribution in [-0.2, 0) is 0 Å². The molecule has 3 heterocycles. The number of hydrogen-bond donors (Lipinski definition) is 1. The van der Waals surface area contributed by atoms with E-state index in [2.05, 4.69) is 25.1 Å². The third-order valence-electron chi connectivity index (χ3n) is 4.81. The standard InChI is InChI=1S/C21H19F2N5O/c22-17-4-3-5-18(23)20(17)26-21(29)15-12-16(14-24-13-15)27-8-10-28(11-9-27)19-6-1-2-7-25-19/h1-7,12-14H,8-11H2,(H,26,29). The van der Waals surface area contributed by atoms with E-state index in [-0.39, 0.29) is 5.56 Å². The number of nitrogens with one attached hydrogen (secondary N) is 1. The zero-order valence-electron chi connectivity index (χ0n) is 15.6. The monoisotopic (exact) mass is 395 g/mol. The number of pyridine rings is 2. The fourth-order valence-corrected chi connectivity index (χ4v) is 3.26. The molecule has 8 heteroatoms. The highest BCUT2D eigenvalue weighted by molar-refractivity contribution is 6.04. The minimum atomic E-state index is -0.826. The summed E-state index contributed by atoms with van der Waals surface area (Å²) in [4.78, 5) is 25.3. The summed E-state index contributed by atoms with van der Waals surface area (Å²) in [5, 5.41) is 2.29. The van der Waals surface area contributed by atoms with E-state index in [1.54, 1.807) is 18.5 Å². The fourth-order valence-electron chi connectivity index (χ4n) is 3.26. The van der Waals surface area contributed by atoms with Gasteiger partial charge >= 0.3 is 0 Å². The highest BCUT2D eigenvalue weighted by atomic mass is 19.1. The molecule has 1 aromatic carbocycles. The quantitative estimate of drug-likeness (QED) is 0.734. The zero-order valence-corrected chi connectivity index (χ0v) is 15.6. The van der Waals surface area contributed by atoms with Crippen LogP contribution in [0.5, 0.6) is 0 Å². The van der Waals surface area contributed by atoms with Gasteiger partial charge in [-0.3, -0.25) is 9.78 Å². The van der Waals surface area contributed by atoms with E-state index in [1.165, 1.54) is 12.3 Å². The van der Waals surface area contributed by atoms with Crippen molar-refractivity contribution in [2.75, 3.05) is 41.3 Å². The second kappa shape index (κ2) is 8.22. The van der Waals surface area contributed by atoms with Crippen LogP contribution in [0.25, 0.3) is 0 Å². The Balaban J connectivity index is 1.44. The lowest BCUT2D eigenvalue weighted by Crippen LogP contribution is -2.46. The molecular weight excluding hydrogens is 376 g/mol. The van der Waals surface area contributed by atoms with Crippen molar-refractivity contribution in [3.63, 3.8) is 0 Å². The van der Waals surface area contributed by atoms with Crippen molar-refractivity contribution < 1.29 is 13.6 Å². The summed E-state index contributed by atoms with van der Waals surface area (Å²) in [5.74, 6) is -1.33. The lowest BCUT2D eigenvalue weighted by molar-refractivity contribution is 0.102. The second-order valence-electron chi connectivity index (χ2n) is 6.64. The minimum absolute atomic E-state index is 0.234. The number of carbonyl (C=O) groups excluding carboxylic acids is 1. The van der Waals surface area contributed by atoms with E-state index < -0.39 is 23.2 Å². The van der Waals surface area contributed by atoms with Crippen LogP contribution in [0.1, 0.15) is 10.4 Å². The van der Waals surface area contributed by atoms with Gasteiger partial charge in [-0.2, -0.15) is 0 Å². The molecule has 0 saturated carbocycles. The van der Waals surface area contributed by atoms with Gasteiger partial charge in [-0.1, -0.05) is 12.1 Å². The van der Waals surface area contributed by atoms with Gasteiger partial charge in [-0.25, -0.2) is 13.8 Å². The Bertz CT molecular complexity index is 987. The van der Waals surface area contributed by atoms with Crippen molar-refractivity contribution in [2.45, 2.75) is 0 Å². The molecule has 1 aliphatic heterocycles. The average molecular weight is 395 g/mol. The molecule has 0 bridgehead atoms. The molecule has 0 unspecified atom stereocenters. The van der Waals surface area contributed by atoms with Crippen molar-refractivity contribution in [1.82, 2.24) is 9.97 Å². The number of hydrogen-bond acceptors (Lipinski definition) is 5. The summed E-state index contributed by atoms with van der Waals surface area (Å²) in [6, 6.07) is 10.9. The maximum atomic E-state index is 13.8. The van der Waals surface area contributed by atoms with Crippen LogP contribution in [0.15, 0.2) is 61.1 Å². The van der Waals surface area contributed by atoms with Crippen molar-refractivity contribution >= 4 is 23.1 Å². The predicted molar refractivity (Wildman–Crippen MR) is 107 cm³/mol. The van der Waals surface area contributed by atoms with E-state index in [4.69, 9.17) is 0 Å². The van der Waals surface area contributed by atoms with Crippen LogP contribution in [0.3, 0.4) is 0 Å². The van der Waals surface area contributed by atoms with Gasteiger partial charge in [0.1, 0.15) is 23.1 Å². The van der Waals surface area contributed by atoms with Crippen LogP contribution >= 0.6 is 0 Å². The Morgan fingerprint density at radius 1 is 0.931 bits per heavy atom. The predicted octanol–water partition coefficient (Wildman–Crippen LogP) is 3.33. The number of halogens is 2. The van der Waals surface area contributed by atoms with Crippen LogP contribution in [0.2, 0.25) is 0 Å². The summed E-state index contributed by atoms with van der Waals surface area (Å²) in [5.41, 5.74) is 0.552. The first-order valence-corrected chi connectivity index (χ1v) is 9.23. The first-order chi connectivity index (χ1) is 14.1. The maximum Gasteiger partial charge on any atom is 0.257 e. The maximum absolute atomic E-state index is 13.8. The number of benzene rings is 1. The van der Waals surface area contributed by atoms with Crippen molar-refractivity contribution in [3.8, 4) is 0 Å². The summed E-state index contributed by atoms with van der Waals surface area (Å²) in [7, 11) is 0. The number of piperazine rings is 1. The number of carbonyl (C=O) groups is 1. The van der Waals surface area contributed by atoms with Crippen LogP contribution < -0.4 is 15.1 Å². The summed E-state index contributed by atoms with van der Waals surface area (Å²) in [6.45, 7) is 3.05. The number of rotatable bonds is 4. The zero-order chi connectivity index (χ0) is 20.2. The SMILES string of the molecule is O=C(Nc1c(F)cccc1F)c1cncc(N2CCN(c3ccccn3)CC2)c1. The third kappa shape index (κ3) is 4.16. The minimum Gasteiger partial charge on any atom is -0.367 e. The fraction of sp³-hybridized carbons (Fsp3) is 0.190. The van der Waals surface area contributed by atoms with E-state index in [9.17, 15) is 13.6 Å². The molecule has 6 nitrogen and oxygen atoms in total. The Hall–Kier alpha value is -3.55. The van der Waals surface area contributed by atoms with Gasteiger partial charge in [0, 0.05) is 38.6 Å². The normalized spacial score (nSPS) is 14.0. The Labute approximate surface area is 166 Å². The topological polar surface area (TPSA) is 61.4 Å².